The lowest BCUT2D eigenvalue weighted by Gasteiger charge is -2.04. The number of hydrogen-bond acceptors (Lipinski definition) is 5. The van der Waals surface area contributed by atoms with E-state index in [1.54, 1.807) is 40.8 Å². The quantitative estimate of drug-likeness (QED) is 0.244. The molecule has 0 saturated carbocycles. The van der Waals surface area contributed by atoms with Crippen LogP contribution >= 0.6 is 11.8 Å². The van der Waals surface area contributed by atoms with Crippen LogP contribution in [0.25, 0.3) is 23.0 Å². The predicted octanol–water partition coefficient (Wildman–Crippen LogP) is 5.99. The van der Waals surface area contributed by atoms with Crippen molar-refractivity contribution in [2.24, 2.45) is 0 Å². The van der Waals surface area contributed by atoms with Gasteiger partial charge in [0, 0.05) is 22.2 Å². The summed E-state index contributed by atoms with van der Waals surface area (Å²) in [6, 6.07) is 27.4. The van der Waals surface area contributed by atoms with Gasteiger partial charge in [-0.15, -0.1) is 11.8 Å². The number of rotatable bonds is 7. The summed E-state index contributed by atoms with van der Waals surface area (Å²) >= 11 is 1.74. The minimum absolute atomic E-state index is 0.0794. The number of aromatic nitrogens is 2. The Labute approximate surface area is 197 Å². The van der Waals surface area contributed by atoms with E-state index in [1.807, 2.05) is 60.7 Å². The van der Waals surface area contributed by atoms with E-state index < -0.39 is 9.84 Å². The van der Waals surface area contributed by atoms with Gasteiger partial charge in [-0.2, -0.15) is 10.4 Å². The molecule has 33 heavy (non-hydrogen) atoms. The predicted molar refractivity (Wildman–Crippen MR) is 133 cm³/mol. The molecule has 0 spiro atoms. The van der Waals surface area contributed by atoms with E-state index in [1.165, 1.54) is 18.2 Å². The number of nitrogens with zero attached hydrogens (tertiary/aromatic N) is 3. The van der Waals surface area contributed by atoms with Crippen LogP contribution in [-0.2, 0) is 9.84 Å². The van der Waals surface area contributed by atoms with Crippen molar-refractivity contribution in [1.82, 2.24) is 9.78 Å². The van der Waals surface area contributed by atoms with E-state index >= 15 is 0 Å². The van der Waals surface area contributed by atoms with Crippen LogP contribution in [0.2, 0.25) is 0 Å². The average Bonchev–Trinajstić information content (AvgIpc) is 3.28. The summed E-state index contributed by atoms with van der Waals surface area (Å²) in [5.41, 5.74) is 2.82. The topological polar surface area (TPSA) is 75.8 Å². The lowest BCUT2D eigenvalue weighted by Crippen LogP contribution is -2.03. The van der Waals surface area contributed by atoms with Crippen LogP contribution in [0.4, 0.5) is 0 Å². The van der Waals surface area contributed by atoms with Gasteiger partial charge in [0.05, 0.1) is 10.6 Å². The van der Waals surface area contributed by atoms with Gasteiger partial charge < -0.3 is 0 Å². The van der Waals surface area contributed by atoms with Crippen molar-refractivity contribution >= 4 is 27.7 Å². The number of benzene rings is 3. The monoisotopic (exact) mass is 471 g/mol. The van der Waals surface area contributed by atoms with E-state index in [-0.39, 0.29) is 9.80 Å². The molecule has 0 radical (unpaired) electrons. The van der Waals surface area contributed by atoms with Crippen molar-refractivity contribution < 1.29 is 8.42 Å². The molecule has 164 valence electrons. The van der Waals surface area contributed by atoms with Crippen molar-refractivity contribution in [3.05, 3.63) is 102 Å². The molecule has 1 aromatic heterocycles. The molecule has 0 unspecified atom stereocenters. The summed E-state index contributed by atoms with van der Waals surface area (Å²) < 4.78 is 27.9. The highest BCUT2D eigenvalue weighted by atomic mass is 32.2. The minimum Gasteiger partial charge on any atom is -0.240 e. The summed E-state index contributed by atoms with van der Waals surface area (Å²) in [6.07, 6.45) is 3.15. The molecule has 0 bridgehead atoms. The average molecular weight is 472 g/mol. The van der Waals surface area contributed by atoms with Gasteiger partial charge in [-0.3, -0.25) is 0 Å². The summed E-state index contributed by atoms with van der Waals surface area (Å²) in [7, 11) is -3.96. The first-order chi connectivity index (χ1) is 16.0. The molecule has 3 aromatic carbocycles. The zero-order valence-electron chi connectivity index (χ0n) is 17.9. The molecule has 7 heteroatoms. The molecule has 1 heterocycles. The normalized spacial score (nSPS) is 11.8. The molecule has 0 aliphatic carbocycles. The molecule has 4 rings (SSSR count). The molecule has 5 nitrogen and oxygen atoms in total. The van der Waals surface area contributed by atoms with Crippen LogP contribution in [-0.4, -0.2) is 24.0 Å². The Morgan fingerprint density at radius 2 is 1.64 bits per heavy atom. The molecule has 0 aliphatic heterocycles. The van der Waals surface area contributed by atoms with Gasteiger partial charge in [-0.05, 0) is 48.2 Å². The fraction of sp³-hybridized carbons (Fsp3) is 0.0769. The molecule has 4 aromatic rings. The minimum atomic E-state index is -3.96. The summed E-state index contributed by atoms with van der Waals surface area (Å²) in [6.45, 7) is 2.10. The van der Waals surface area contributed by atoms with Crippen molar-refractivity contribution in [1.29, 1.82) is 5.26 Å². The molecule has 0 fully saturated rings. The molecule has 0 saturated heterocycles. The zero-order valence-corrected chi connectivity index (χ0v) is 19.6. The lowest BCUT2D eigenvalue weighted by molar-refractivity contribution is 0.603. The Kier molecular flexibility index (Phi) is 6.78. The SMILES string of the molecule is CCSc1ccc(-c2nn(-c3ccccc3)cc2C=C(C#N)S(=O)(=O)c2ccccc2)cc1. The van der Waals surface area contributed by atoms with Gasteiger partial charge in [0.2, 0.25) is 9.84 Å². The number of thioether (sulfide) groups is 1. The van der Waals surface area contributed by atoms with Gasteiger partial charge in [-0.1, -0.05) is 55.5 Å². The zero-order chi connectivity index (χ0) is 23.3. The number of allylic oxidation sites excluding steroid dienone is 1. The Morgan fingerprint density at radius 1 is 1.00 bits per heavy atom. The molecular weight excluding hydrogens is 450 g/mol. The van der Waals surface area contributed by atoms with Crippen LogP contribution in [0.5, 0.6) is 0 Å². The summed E-state index contributed by atoms with van der Waals surface area (Å²) in [5.74, 6) is 0.971. The van der Waals surface area contributed by atoms with E-state index in [4.69, 9.17) is 5.10 Å². The largest absolute Gasteiger partial charge is 0.240 e. The van der Waals surface area contributed by atoms with Gasteiger partial charge >= 0.3 is 0 Å². The Morgan fingerprint density at radius 3 is 2.24 bits per heavy atom. The van der Waals surface area contributed by atoms with Gasteiger partial charge in [0.15, 0.2) is 0 Å². The number of hydrogen-bond donors (Lipinski definition) is 0. The second kappa shape index (κ2) is 9.90. The maximum Gasteiger partial charge on any atom is 0.216 e. The van der Waals surface area contributed by atoms with Crippen molar-refractivity contribution in [2.45, 2.75) is 16.7 Å². The fourth-order valence-electron chi connectivity index (χ4n) is 3.34. The first-order valence-electron chi connectivity index (χ1n) is 10.3. The summed E-state index contributed by atoms with van der Waals surface area (Å²) in [5, 5.41) is 14.5. The Bertz CT molecular complexity index is 1420. The van der Waals surface area contributed by atoms with Crippen molar-refractivity contribution in [3.63, 3.8) is 0 Å². The van der Waals surface area contributed by atoms with E-state index in [9.17, 15) is 13.7 Å². The van der Waals surface area contributed by atoms with Crippen LogP contribution in [0.3, 0.4) is 0 Å². The highest BCUT2D eigenvalue weighted by molar-refractivity contribution is 7.99. The number of nitriles is 1. The van der Waals surface area contributed by atoms with Gasteiger partial charge in [0.1, 0.15) is 16.7 Å². The van der Waals surface area contributed by atoms with Gasteiger partial charge in [-0.25, -0.2) is 13.1 Å². The third-order valence-corrected chi connectivity index (χ3v) is 7.52. The van der Waals surface area contributed by atoms with E-state index in [0.717, 1.165) is 21.9 Å². The van der Waals surface area contributed by atoms with Crippen LogP contribution < -0.4 is 0 Å². The van der Waals surface area contributed by atoms with Crippen molar-refractivity contribution in [3.8, 4) is 23.0 Å². The molecule has 0 amide bonds. The van der Waals surface area contributed by atoms with Crippen LogP contribution in [0.1, 0.15) is 12.5 Å². The van der Waals surface area contributed by atoms with E-state index in [2.05, 4.69) is 6.92 Å². The third kappa shape index (κ3) is 4.92. The molecule has 0 aliphatic rings. The first kappa shape index (κ1) is 22.6. The first-order valence-corrected chi connectivity index (χ1v) is 12.8. The third-order valence-electron chi connectivity index (χ3n) is 4.94. The molecular formula is C26H21N3O2S2. The fourth-order valence-corrected chi connectivity index (χ4v) is 5.18. The standard InChI is InChI=1S/C26H21N3O2S2/c1-2-32-23-15-13-20(14-16-23)26-21(19-29(28-26)22-9-5-3-6-10-22)17-25(18-27)33(30,31)24-11-7-4-8-12-24/h3-17,19H,2H2,1H3. The summed E-state index contributed by atoms with van der Waals surface area (Å²) in [4.78, 5) is 0.890. The lowest BCUT2D eigenvalue weighted by atomic mass is 10.1. The van der Waals surface area contributed by atoms with E-state index in [0.29, 0.717) is 11.3 Å². The van der Waals surface area contributed by atoms with Crippen molar-refractivity contribution in [2.75, 3.05) is 5.75 Å². The molecule has 0 atom stereocenters. The van der Waals surface area contributed by atoms with Crippen LogP contribution in [0, 0.1) is 11.3 Å². The number of sulfone groups is 1. The molecule has 0 N–H and O–H groups in total. The highest BCUT2D eigenvalue weighted by Crippen LogP contribution is 2.30. The second-order valence-corrected chi connectivity index (χ2v) is 10.4. The number of para-hydroxylation sites is 1. The highest BCUT2D eigenvalue weighted by Gasteiger charge is 2.22. The Balaban J connectivity index is 1.85. The second-order valence-electron chi connectivity index (χ2n) is 7.11. The van der Waals surface area contributed by atoms with Gasteiger partial charge in [0.25, 0.3) is 0 Å². The maximum atomic E-state index is 13.1. The Hall–Kier alpha value is -3.60. The van der Waals surface area contributed by atoms with Crippen LogP contribution in [0.15, 0.2) is 106 Å². The maximum absolute atomic E-state index is 13.1. The smallest absolute Gasteiger partial charge is 0.216 e.